The van der Waals surface area contributed by atoms with E-state index in [1.54, 1.807) is 0 Å². The first kappa shape index (κ1) is 16.0. The lowest BCUT2D eigenvalue weighted by Crippen LogP contribution is -2.40. The van der Waals surface area contributed by atoms with Crippen molar-refractivity contribution in [1.29, 1.82) is 0 Å². The van der Waals surface area contributed by atoms with Crippen molar-refractivity contribution in [3.63, 3.8) is 0 Å². The van der Waals surface area contributed by atoms with Crippen LogP contribution in [0.15, 0.2) is 35.4 Å². The van der Waals surface area contributed by atoms with Crippen LogP contribution >= 0.6 is 11.8 Å². The van der Waals surface area contributed by atoms with Gasteiger partial charge in [0.05, 0.1) is 5.25 Å². The van der Waals surface area contributed by atoms with Gasteiger partial charge in [-0.2, -0.15) is 0 Å². The molecule has 1 aliphatic rings. The monoisotopic (exact) mass is 327 g/mol. The number of hydrogen-bond acceptors (Lipinski definition) is 4. The molecule has 2 heterocycles. The molecular weight excluding hydrogens is 306 g/mol. The molecule has 2 aromatic rings. The van der Waals surface area contributed by atoms with Crippen molar-refractivity contribution >= 4 is 23.4 Å². The van der Waals surface area contributed by atoms with Crippen molar-refractivity contribution in [2.75, 3.05) is 11.4 Å². The van der Waals surface area contributed by atoms with Crippen molar-refractivity contribution in [1.82, 2.24) is 9.97 Å². The molecule has 0 bridgehead atoms. The highest BCUT2D eigenvalue weighted by Crippen LogP contribution is 2.30. The zero-order valence-corrected chi connectivity index (χ0v) is 14.6. The summed E-state index contributed by atoms with van der Waals surface area (Å²) in [6, 6.07) is 10.1. The quantitative estimate of drug-likeness (QED) is 0.639. The summed E-state index contributed by atoms with van der Waals surface area (Å²) < 4.78 is 0. The second-order valence-electron chi connectivity index (χ2n) is 5.88. The van der Waals surface area contributed by atoms with E-state index in [0.717, 1.165) is 41.6 Å². The topological polar surface area (TPSA) is 46.1 Å². The third kappa shape index (κ3) is 3.55. The minimum atomic E-state index is -0.171. The lowest BCUT2D eigenvalue weighted by Gasteiger charge is -2.31. The maximum atomic E-state index is 12.9. The summed E-state index contributed by atoms with van der Waals surface area (Å²) in [7, 11) is 0. The van der Waals surface area contributed by atoms with E-state index in [2.05, 4.69) is 16.0 Å². The van der Waals surface area contributed by atoms with Gasteiger partial charge in [-0.05, 0) is 51.3 Å². The van der Waals surface area contributed by atoms with Gasteiger partial charge in [-0.15, -0.1) is 0 Å². The number of para-hydroxylation sites is 1. The van der Waals surface area contributed by atoms with Crippen molar-refractivity contribution in [3.8, 4) is 0 Å². The van der Waals surface area contributed by atoms with Crippen LogP contribution in [0.1, 0.15) is 30.4 Å². The van der Waals surface area contributed by atoms with Gasteiger partial charge in [0.15, 0.2) is 0 Å². The Morgan fingerprint density at radius 2 is 2.04 bits per heavy atom. The summed E-state index contributed by atoms with van der Waals surface area (Å²) in [6.07, 6.45) is 2.07. The lowest BCUT2D eigenvalue weighted by molar-refractivity contribution is -0.117. The highest BCUT2D eigenvalue weighted by Gasteiger charge is 2.27. The SMILES string of the molecule is Cc1cc(SC(C)C(=O)N2CCCc3ccccc32)nc(C)n1. The van der Waals surface area contributed by atoms with Crippen LogP contribution in [0.2, 0.25) is 0 Å². The molecule has 1 aromatic heterocycles. The van der Waals surface area contributed by atoms with E-state index >= 15 is 0 Å². The van der Waals surface area contributed by atoms with Crippen molar-refractivity contribution in [2.45, 2.75) is 43.9 Å². The third-order valence-corrected chi connectivity index (χ3v) is 4.97. The fraction of sp³-hybridized carbons (Fsp3) is 0.389. The Kier molecular flexibility index (Phi) is 4.66. The van der Waals surface area contributed by atoms with Gasteiger partial charge >= 0.3 is 0 Å². The number of rotatable bonds is 3. The molecule has 0 spiro atoms. The molecule has 0 N–H and O–H groups in total. The number of carbonyl (C=O) groups excluding carboxylic acids is 1. The van der Waals surface area contributed by atoms with Crippen LogP contribution in [0.25, 0.3) is 0 Å². The summed E-state index contributed by atoms with van der Waals surface area (Å²) in [4.78, 5) is 23.5. The Morgan fingerprint density at radius 1 is 1.26 bits per heavy atom. The molecule has 0 saturated carbocycles. The van der Waals surface area contributed by atoms with Crippen LogP contribution in [-0.2, 0) is 11.2 Å². The molecule has 3 rings (SSSR count). The Bertz CT molecular complexity index is 712. The first-order chi connectivity index (χ1) is 11.0. The van der Waals surface area contributed by atoms with Gasteiger partial charge < -0.3 is 4.90 Å². The molecular formula is C18H21N3OS. The lowest BCUT2D eigenvalue weighted by atomic mass is 10.0. The van der Waals surface area contributed by atoms with E-state index in [4.69, 9.17) is 0 Å². The minimum Gasteiger partial charge on any atom is -0.311 e. The third-order valence-electron chi connectivity index (χ3n) is 3.96. The molecule has 5 heteroatoms. The van der Waals surface area contributed by atoms with Crippen LogP contribution in [0.4, 0.5) is 5.69 Å². The summed E-state index contributed by atoms with van der Waals surface area (Å²) >= 11 is 1.51. The smallest absolute Gasteiger partial charge is 0.240 e. The molecule has 1 aliphatic heterocycles. The van der Waals surface area contributed by atoms with Crippen molar-refractivity contribution in [2.24, 2.45) is 0 Å². The van der Waals surface area contributed by atoms with E-state index in [0.29, 0.717) is 0 Å². The summed E-state index contributed by atoms with van der Waals surface area (Å²) in [5.74, 6) is 0.895. The fourth-order valence-electron chi connectivity index (χ4n) is 2.96. The zero-order chi connectivity index (χ0) is 16.4. The first-order valence-electron chi connectivity index (χ1n) is 7.93. The number of aromatic nitrogens is 2. The van der Waals surface area contributed by atoms with Crippen LogP contribution < -0.4 is 4.90 Å². The first-order valence-corrected chi connectivity index (χ1v) is 8.81. The Balaban J connectivity index is 1.78. The minimum absolute atomic E-state index is 0.149. The number of thioether (sulfide) groups is 1. The van der Waals surface area contributed by atoms with Crippen LogP contribution in [0.3, 0.4) is 0 Å². The molecule has 1 amide bonds. The molecule has 1 atom stereocenters. The van der Waals surface area contributed by atoms with Gasteiger partial charge in [-0.1, -0.05) is 30.0 Å². The van der Waals surface area contributed by atoms with Gasteiger partial charge in [-0.3, -0.25) is 4.79 Å². The average Bonchev–Trinajstić information content (AvgIpc) is 2.52. The molecule has 1 unspecified atom stereocenters. The van der Waals surface area contributed by atoms with E-state index in [-0.39, 0.29) is 11.2 Å². The molecule has 0 radical (unpaired) electrons. The van der Waals surface area contributed by atoms with Gasteiger partial charge in [0.25, 0.3) is 0 Å². The van der Waals surface area contributed by atoms with E-state index < -0.39 is 0 Å². The number of nitrogens with zero attached hydrogens (tertiary/aromatic N) is 3. The molecule has 4 nitrogen and oxygen atoms in total. The Hall–Kier alpha value is -1.88. The highest BCUT2D eigenvalue weighted by atomic mass is 32.2. The van der Waals surface area contributed by atoms with E-state index in [9.17, 15) is 4.79 Å². The fourth-order valence-corrected chi connectivity index (χ4v) is 3.97. The number of anilines is 1. The second kappa shape index (κ2) is 6.71. The molecule has 0 fully saturated rings. The molecule has 120 valence electrons. The number of carbonyl (C=O) groups is 1. The maximum Gasteiger partial charge on any atom is 0.240 e. The normalized spacial score (nSPS) is 15.2. The Labute approximate surface area is 141 Å². The molecule has 23 heavy (non-hydrogen) atoms. The number of hydrogen-bond donors (Lipinski definition) is 0. The summed E-state index contributed by atoms with van der Waals surface area (Å²) in [5.41, 5.74) is 3.26. The van der Waals surface area contributed by atoms with E-state index in [1.807, 2.05) is 49.9 Å². The number of aryl methyl sites for hydroxylation is 3. The summed E-state index contributed by atoms with van der Waals surface area (Å²) in [6.45, 7) is 6.58. The van der Waals surface area contributed by atoms with Crippen molar-refractivity contribution < 1.29 is 4.79 Å². The van der Waals surface area contributed by atoms with Gasteiger partial charge in [0, 0.05) is 17.9 Å². The standard InChI is InChI=1S/C18H21N3OS/c1-12-11-17(20-14(3)19-12)23-13(2)18(22)21-10-6-8-15-7-4-5-9-16(15)21/h4-5,7,9,11,13H,6,8,10H2,1-3H3. The largest absolute Gasteiger partial charge is 0.311 e. The molecule has 0 aliphatic carbocycles. The molecule has 1 aromatic carbocycles. The number of amides is 1. The second-order valence-corrected chi connectivity index (χ2v) is 7.24. The number of benzene rings is 1. The van der Waals surface area contributed by atoms with E-state index in [1.165, 1.54) is 17.3 Å². The van der Waals surface area contributed by atoms with Crippen LogP contribution in [-0.4, -0.2) is 27.7 Å². The Morgan fingerprint density at radius 3 is 2.83 bits per heavy atom. The predicted molar refractivity (Wildman–Crippen MR) is 93.9 cm³/mol. The zero-order valence-electron chi connectivity index (χ0n) is 13.7. The van der Waals surface area contributed by atoms with Crippen LogP contribution in [0, 0.1) is 13.8 Å². The van der Waals surface area contributed by atoms with Gasteiger partial charge in [-0.25, -0.2) is 9.97 Å². The summed E-state index contributed by atoms with van der Waals surface area (Å²) in [5, 5.41) is 0.691. The average molecular weight is 327 g/mol. The highest BCUT2D eigenvalue weighted by molar-refractivity contribution is 8.00. The predicted octanol–water partition coefficient (Wildman–Crippen LogP) is 3.55. The molecule has 0 saturated heterocycles. The van der Waals surface area contributed by atoms with Gasteiger partial charge in [0.2, 0.25) is 5.91 Å². The maximum absolute atomic E-state index is 12.9. The number of fused-ring (bicyclic) bond motifs is 1. The van der Waals surface area contributed by atoms with Crippen LogP contribution in [0.5, 0.6) is 0 Å². The van der Waals surface area contributed by atoms with Gasteiger partial charge in [0.1, 0.15) is 10.9 Å². The van der Waals surface area contributed by atoms with Crippen molar-refractivity contribution in [3.05, 3.63) is 47.4 Å².